The highest BCUT2D eigenvalue weighted by Crippen LogP contribution is 2.14. The molecule has 0 fully saturated rings. The summed E-state index contributed by atoms with van der Waals surface area (Å²) >= 11 is 1.83. The van der Waals surface area contributed by atoms with Crippen LogP contribution in [0, 0.1) is 13.8 Å². The van der Waals surface area contributed by atoms with Crippen LogP contribution >= 0.6 is 11.3 Å². The number of likely N-dealkylation sites (N-methyl/N-ethyl adjacent to an activating group) is 1. The smallest absolute Gasteiger partial charge is 0.105 e. The Morgan fingerprint density at radius 3 is 2.79 bits per heavy atom. The molecule has 0 aliphatic carbocycles. The van der Waals surface area contributed by atoms with Crippen LogP contribution in [0.4, 0.5) is 0 Å². The number of aryl methyl sites for hydroxylation is 2. The average molecular weight is 278 g/mol. The van der Waals surface area contributed by atoms with E-state index in [1.54, 1.807) is 6.26 Å². The molecule has 2 aromatic heterocycles. The van der Waals surface area contributed by atoms with Crippen molar-refractivity contribution in [2.75, 3.05) is 20.1 Å². The van der Waals surface area contributed by atoms with Crippen molar-refractivity contribution in [3.63, 3.8) is 0 Å². The Bertz CT molecular complexity index is 504. The third-order valence-electron chi connectivity index (χ3n) is 3.33. The van der Waals surface area contributed by atoms with E-state index in [1.165, 1.54) is 16.0 Å². The van der Waals surface area contributed by atoms with E-state index in [4.69, 9.17) is 4.42 Å². The van der Waals surface area contributed by atoms with Crippen LogP contribution in [0.1, 0.15) is 21.8 Å². The summed E-state index contributed by atoms with van der Waals surface area (Å²) in [5.41, 5.74) is 2.66. The van der Waals surface area contributed by atoms with Crippen LogP contribution < -0.4 is 5.32 Å². The van der Waals surface area contributed by atoms with Crippen LogP contribution in [0.15, 0.2) is 28.2 Å². The lowest BCUT2D eigenvalue weighted by molar-refractivity contribution is 0.321. The molecule has 0 unspecified atom stereocenters. The predicted octanol–water partition coefficient (Wildman–Crippen LogP) is 3.18. The molecule has 0 aromatic carbocycles. The van der Waals surface area contributed by atoms with Gasteiger partial charge in [0.15, 0.2) is 0 Å². The summed E-state index contributed by atoms with van der Waals surface area (Å²) < 4.78 is 5.31. The predicted molar refractivity (Wildman–Crippen MR) is 80.5 cm³/mol. The first-order chi connectivity index (χ1) is 9.16. The molecule has 2 rings (SSSR count). The topological polar surface area (TPSA) is 28.4 Å². The Hall–Kier alpha value is -1.10. The molecular weight excluding hydrogens is 256 g/mol. The highest BCUT2D eigenvalue weighted by atomic mass is 32.1. The summed E-state index contributed by atoms with van der Waals surface area (Å²) in [7, 11) is 2.14. The molecule has 4 heteroatoms. The van der Waals surface area contributed by atoms with Crippen LogP contribution in [0.25, 0.3) is 0 Å². The molecular formula is C15H22N2OS. The van der Waals surface area contributed by atoms with Gasteiger partial charge in [-0.2, -0.15) is 0 Å². The summed E-state index contributed by atoms with van der Waals surface area (Å²) in [6.07, 6.45) is 1.76. The first-order valence-electron chi connectivity index (χ1n) is 6.62. The molecule has 104 valence electrons. The molecule has 2 aromatic rings. The summed E-state index contributed by atoms with van der Waals surface area (Å²) in [5, 5.41) is 5.65. The SMILES string of the molecule is Cc1ccsc1CNCCN(C)Cc1ccoc1C. The lowest BCUT2D eigenvalue weighted by Gasteiger charge is -2.16. The zero-order chi connectivity index (χ0) is 13.7. The van der Waals surface area contributed by atoms with Crippen molar-refractivity contribution >= 4 is 11.3 Å². The van der Waals surface area contributed by atoms with Crippen molar-refractivity contribution in [1.29, 1.82) is 0 Å². The Morgan fingerprint density at radius 2 is 2.16 bits per heavy atom. The van der Waals surface area contributed by atoms with E-state index in [0.29, 0.717) is 0 Å². The maximum absolute atomic E-state index is 5.31. The fourth-order valence-corrected chi connectivity index (χ4v) is 2.88. The molecule has 2 heterocycles. The second-order valence-corrected chi connectivity index (χ2v) is 5.94. The monoisotopic (exact) mass is 278 g/mol. The Balaban J connectivity index is 1.66. The normalized spacial score (nSPS) is 11.4. The molecule has 0 saturated carbocycles. The number of hydrogen-bond donors (Lipinski definition) is 1. The molecule has 19 heavy (non-hydrogen) atoms. The van der Waals surface area contributed by atoms with Gasteiger partial charge in [0.2, 0.25) is 0 Å². The summed E-state index contributed by atoms with van der Waals surface area (Å²) in [6, 6.07) is 4.23. The Labute approximate surface area is 119 Å². The number of rotatable bonds is 7. The molecule has 0 aliphatic heterocycles. The van der Waals surface area contributed by atoms with E-state index >= 15 is 0 Å². The summed E-state index contributed by atoms with van der Waals surface area (Å²) in [4.78, 5) is 3.75. The van der Waals surface area contributed by atoms with E-state index in [9.17, 15) is 0 Å². The van der Waals surface area contributed by atoms with Gasteiger partial charge in [-0.25, -0.2) is 0 Å². The van der Waals surface area contributed by atoms with Crippen molar-refractivity contribution < 1.29 is 4.42 Å². The van der Waals surface area contributed by atoms with Crippen LogP contribution in [0.5, 0.6) is 0 Å². The first kappa shape index (κ1) is 14.3. The van der Waals surface area contributed by atoms with Crippen LogP contribution in [-0.4, -0.2) is 25.0 Å². The maximum atomic E-state index is 5.31. The number of hydrogen-bond acceptors (Lipinski definition) is 4. The fourth-order valence-electron chi connectivity index (χ4n) is 2.00. The number of nitrogens with zero attached hydrogens (tertiary/aromatic N) is 1. The van der Waals surface area contributed by atoms with Crippen molar-refractivity contribution in [2.45, 2.75) is 26.9 Å². The van der Waals surface area contributed by atoms with Crippen LogP contribution in [0.3, 0.4) is 0 Å². The van der Waals surface area contributed by atoms with E-state index < -0.39 is 0 Å². The first-order valence-corrected chi connectivity index (χ1v) is 7.50. The van der Waals surface area contributed by atoms with E-state index in [0.717, 1.165) is 31.9 Å². The summed E-state index contributed by atoms with van der Waals surface area (Å²) in [6.45, 7) is 8.15. The van der Waals surface area contributed by atoms with E-state index in [-0.39, 0.29) is 0 Å². The minimum atomic E-state index is 0.946. The molecule has 3 nitrogen and oxygen atoms in total. The van der Waals surface area contributed by atoms with Crippen molar-refractivity contribution in [2.24, 2.45) is 0 Å². The van der Waals surface area contributed by atoms with Gasteiger partial charge in [0.1, 0.15) is 5.76 Å². The third-order valence-corrected chi connectivity index (χ3v) is 4.35. The third kappa shape index (κ3) is 4.20. The lowest BCUT2D eigenvalue weighted by Crippen LogP contribution is -2.28. The zero-order valence-corrected chi connectivity index (χ0v) is 12.7. The number of nitrogens with one attached hydrogen (secondary N) is 1. The van der Waals surface area contributed by atoms with Gasteiger partial charge in [0.05, 0.1) is 6.26 Å². The average Bonchev–Trinajstić information content (AvgIpc) is 2.95. The molecule has 1 N–H and O–H groups in total. The second kappa shape index (κ2) is 6.89. The van der Waals surface area contributed by atoms with Gasteiger partial charge in [0, 0.05) is 36.6 Å². The standard InChI is InChI=1S/C15H22N2OS/c1-12-5-9-19-15(12)10-16-6-7-17(3)11-14-4-8-18-13(14)2/h4-5,8-9,16H,6-7,10-11H2,1-3H3. The van der Waals surface area contributed by atoms with Crippen LogP contribution in [-0.2, 0) is 13.1 Å². The van der Waals surface area contributed by atoms with Gasteiger partial charge < -0.3 is 14.6 Å². The lowest BCUT2D eigenvalue weighted by atomic mass is 10.2. The van der Waals surface area contributed by atoms with Crippen LogP contribution in [0.2, 0.25) is 0 Å². The van der Waals surface area contributed by atoms with Gasteiger partial charge in [-0.15, -0.1) is 11.3 Å². The largest absolute Gasteiger partial charge is 0.469 e. The van der Waals surface area contributed by atoms with Gasteiger partial charge in [-0.1, -0.05) is 0 Å². The Morgan fingerprint density at radius 1 is 1.32 bits per heavy atom. The molecule has 0 spiro atoms. The highest BCUT2D eigenvalue weighted by Gasteiger charge is 2.05. The minimum Gasteiger partial charge on any atom is -0.469 e. The van der Waals surface area contributed by atoms with Crippen molar-refractivity contribution in [1.82, 2.24) is 10.2 Å². The molecule has 0 saturated heterocycles. The molecule has 0 amide bonds. The van der Waals surface area contributed by atoms with E-state index in [1.807, 2.05) is 24.3 Å². The molecule has 0 aliphatic rings. The number of furan rings is 1. The van der Waals surface area contributed by atoms with Crippen molar-refractivity contribution in [3.05, 3.63) is 45.5 Å². The van der Waals surface area contributed by atoms with Gasteiger partial charge in [-0.05, 0) is 44.0 Å². The Kier molecular flexibility index (Phi) is 5.19. The minimum absolute atomic E-state index is 0.946. The van der Waals surface area contributed by atoms with Gasteiger partial charge in [-0.3, -0.25) is 0 Å². The quantitative estimate of drug-likeness (QED) is 0.789. The van der Waals surface area contributed by atoms with Gasteiger partial charge in [0.25, 0.3) is 0 Å². The molecule has 0 atom stereocenters. The highest BCUT2D eigenvalue weighted by molar-refractivity contribution is 7.10. The zero-order valence-electron chi connectivity index (χ0n) is 11.9. The molecule has 0 radical (unpaired) electrons. The maximum Gasteiger partial charge on any atom is 0.105 e. The van der Waals surface area contributed by atoms with E-state index in [2.05, 4.69) is 35.6 Å². The molecule has 0 bridgehead atoms. The second-order valence-electron chi connectivity index (χ2n) is 4.94. The van der Waals surface area contributed by atoms with Gasteiger partial charge >= 0.3 is 0 Å². The van der Waals surface area contributed by atoms with Crippen molar-refractivity contribution in [3.8, 4) is 0 Å². The fraction of sp³-hybridized carbons (Fsp3) is 0.467. The number of thiophene rings is 1. The summed E-state index contributed by atoms with van der Waals surface area (Å²) in [5.74, 6) is 1.02.